The minimum absolute atomic E-state index is 0.900. The third-order valence-electron chi connectivity index (χ3n) is 0.0833. The molecule has 0 aliphatic carbocycles. The van der Waals surface area contributed by atoms with Gasteiger partial charge in [-0.1, -0.05) is 6.47 Å². The summed E-state index contributed by atoms with van der Waals surface area (Å²) in [5.74, 6) is 0. The Labute approximate surface area is 64.4 Å². The van der Waals surface area contributed by atoms with Gasteiger partial charge in [-0.3, -0.25) is 0 Å². The van der Waals surface area contributed by atoms with Crippen molar-refractivity contribution in [3.63, 3.8) is 0 Å². The second-order valence-corrected chi connectivity index (χ2v) is 0.287. The number of ether oxygens (including phenoxy) is 1. The molecule has 0 saturated carbocycles. The number of methoxy groups -OCH3 is 1. The van der Waals surface area contributed by atoms with E-state index in [1.165, 1.54) is 13.6 Å². The van der Waals surface area contributed by atoms with Gasteiger partial charge >= 0.3 is 29.3 Å². The fourth-order valence-electron chi connectivity index (χ4n) is 0. The van der Waals surface area contributed by atoms with Gasteiger partial charge in [0.2, 0.25) is 0 Å². The van der Waals surface area contributed by atoms with Crippen molar-refractivity contribution in [2.75, 3.05) is 7.11 Å². The molecule has 0 saturated heterocycles. The molecule has 0 N–H and O–H groups in total. The van der Waals surface area contributed by atoms with Crippen LogP contribution in [0.4, 0.5) is 0 Å². The van der Waals surface area contributed by atoms with E-state index >= 15 is 0 Å². The summed E-state index contributed by atoms with van der Waals surface area (Å²) in [7, 11) is 1.26. The molecule has 0 heterocycles. The van der Waals surface area contributed by atoms with Crippen LogP contribution in [0.2, 0.25) is 0 Å². The van der Waals surface area contributed by atoms with Crippen LogP contribution in [0, 0.1) is 11.8 Å². The molecule has 0 aromatic heterocycles. The van der Waals surface area contributed by atoms with Crippen molar-refractivity contribution >= 4 is 10.5 Å². The summed E-state index contributed by atoms with van der Waals surface area (Å²) in [6, 6.07) is 0. The number of hydrogen-bond acceptors (Lipinski definition) is 3. The Hall–Kier alpha value is -0.248. The monoisotopic (exact) mass is 213 g/mol. The maximum atomic E-state index is 8.83. The average Bonchev–Trinajstić information content (AvgIpc) is 1.96. The van der Waals surface area contributed by atoms with Crippen LogP contribution in [-0.4, -0.2) is 17.6 Å². The molecule has 0 bridgehead atoms. The zero-order valence-electron chi connectivity index (χ0n) is 4.68. The van der Waals surface area contributed by atoms with E-state index in [4.69, 9.17) is 16.6 Å². The summed E-state index contributed by atoms with van der Waals surface area (Å²) in [5, 5.41) is 6.25. The first-order chi connectivity index (χ1) is 3.91. The normalized spacial score (nSPS) is 3.62. The van der Waals surface area contributed by atoms with Crippen LogP contribution in [0.3, 0.4) is 0 Å². The molecule has 0 spiro atoms. The second kappa shape index (κ2) is 72.8. The summed E-state index contributed by atoms with van der Waals surface area (Å²) >= 11 is 0.900. The fourth-order valence-corrected chi connectivity index (χ4v) is 0. The van der Waals surface area contributed by atoms with E-state index in [1.807, 2.05) is 0 Å². The molecular formula is C4H5CdNO2-2. The van der Waals surface area contributed by atoms with Gasteiger partial charge in [-0.05, 0) is 0 Å². The van der Waals surface area contributed by atoms with E-state index < -0.39 is 0 Å². The number of hydrogen-bond donors (Lipinski definition) is 0. The van der Waals surface area contributed by atoms with Crippen molar-refractivity contribution in [1.29, 1.82) is 5.26 Å². The zero-order chi connectivity index (χ0) is 7.41. The van der Waals surface area contributed by atoms with Gasteiger partial charge in [-0.25, -0.2) is 0 Å². The molecule has 3 nitrogen and oxygen atoms in total. The molecule has 0 rings (SSSR count). The molecule has 4 heteroatoms. The summed E-state index contributed by atoms with van der Waals surface area (Å²) in [6.07, 6.45) is 0. The predicted octanol–water partition coefficient (Wildman–Crippen LogP) is -0.238. The third-order valence-corrected chi connectivity index (χ3v) is 0.0833. The van der Waals surface area contributed by atoms with Gasteiger partial charge in [-0.2, -0.15) is 0 Å². The Morgan fingerprint density at radius 2 is 1.88 bits per heavy atom. The molecule has 42 valence electrons. The molecule has 0 radical (unpaired) electrons. The topological polar surface area (TPSA) is 50.1 Å². The van der Waals surface area contributed by atoms with E-state index in [2.05, 4.69) is 8.80 Å². The summed E-state index contributed by atoms with van der Waals surface area (Å²) in [6.45, 7) is 5.93. The number of rotatable bonds is 1. The quantitative estimate of drug-likeness (QED) is 0.444. The van der Waals surface area contributed by atoms with Gasteiger partial charge < -0.3 is 21.4 Å². The van der Waals surface area contributed by atoms with Crippen molar-refractivity contribution < 1.29 is 34.8 Å². The van der Waals surface area contributed by atoms with E-state index in [0.29, 0.717) is 0 Å². The Balaban J connectivity index is -0.0000000542. The first kappa shape index (κ1) is 15.7. The first-order valence-corrected chi connectivity index (χ1v) is 4.39. The van der Waals surface area contributed by atoms with Crippen LogP contribution in [0.15, 0.2) is 0 Å². The zero-order valence-corrected chi connectivity index (χ0v) is 8.71. The van der Waals surface area contributed by atoms with Gasteiger partial charge in [0.15, 0.2) is 0 Å². The van der Waals surface area contributed by atoms with Crippen LogP contribution < -0.4 is 0 Å². The molecule has 0 unspecified atom stereocenters. The van der Waals surface area contributed by atoms with E-state index in [0.717, 1.165) is 25.3 Å². The van der Waals surface area contributed by atoms with E-state index in [1.54, 1.807) is 0 Å². The van der Waals surface area contributed by atoms with Crippen molar-refractivity contribution in [3.8, 4) is 0 Å². The van der Waals surface area contributed by atoms with Crippen LogP contribution in [0.1, 0.15) is 0 Å². The molecule has 0 aromatic carbocycles. The molecule has 0 aliphatic heterocycles. The van der Waals surface area contributed by atoms with Crippen molar-refractivity contribution in [1.82, 2.24) is 0 Å². The van der Waals surface area contributed by atoms with Crippen molar-refractivity contribution in [2.45, 2.75) is 0 Å². The standard InChI is InChI=1S/C2H3O2.CN.CH2.Cd/c1-4-2-3;1-2;;/h1H3;;1H2;/q2*-1;;. The first-order valence-electron chi connectivity index (χ1n) is 1.54. The van der Waals surface area contributed by atoms with Gasteiger partial charge in [-0.15, -0.1) is 0 Å². The summed E-state index contributed by atoms with van der Waals surface area (Å²) in [5.41, 5.74) is 0. The summed E-state index contributed by atoms with van der Waals surface area (Å²) < 4.78 is 7.16. The number of carbonyl (C=O) groups excluding carboxylic acids is 1. The fraction of sp³-hybridized carbons (Fsp3) is 0.250. The van der Waals surface area contributed by atoms with Gasteiger partial charge in [0.1, 0.15) is 0 Å². The van der Waals surface area contributed by atoms with E-state index in [9.17, 15) is 0 Å². The Morgan fingerprint density at radius 1 is 1.75 bits per heavy atom. The average molecular weight is 212 g/mol. The van der Waals surface area contributed by atoms with Gasteiger partial charge in [0, 0.05) is 7.11 Å². The molecule has 0 fully saturated rings. The minimum atomic E-state index is 0.900. The molecule has 0 aromatic rings. The Morgan fingerprint density at radius 3 is 1.88 bits per heavy atom. The SMILES string of the molecule is CO[C-]=O.[C-]#N.[CH2]=[Cd]. The van der Waals surface area contributed by atoms with Gasteiger partial charge in [0.05, 0.1) is 0 Å². The molecule has 8 heavy (non-hydrogen) atoms. The van der Waals surface area contributed by atoms with Crippen LogP contribution in [0.25, 0.3) is 0 Å². The molecule has 0 aliphatic rings. The van der Waals surface area contributed by atoms with Crippen LogP contribution in [-0.2, 0) is 34.8 Å². The molecule has 0 amide bonds. The van der Waals surface area contributed by atoms with Gasteiger partial charge in [0.25, 0.3) is 0 Å². The van der Waals surface area contributed by atoms with Crippen LogP contribution >= 0.6 is 0 Å². The predicted molar refractivity (Wildman–Crippen MR) is 24.8 cm³/mol. The third kappa shape index (κ3) is 230. The Bertz CT molecular complexity index is 55.2. The van der Waals surface area contributed by atoms with E-state index in [-0.39, 0.29) is 0 Å². The van der Waals surface area contributed by atoms with Crippen molar-refractivity contribution in [2.24, 2.45) is 0 Å². The Kier molecular flexibility index (Phi) is 142. The second-order valence-electron chi connectivity index (χ2n) is 0.287. The molecule has 0 atom stereocenters. The number of nitrogens with zero attached hydrogens (tertiary/aromatic N) is 1. The summed E-state index contributed by atoms with van der Waals surface area (Å²) in [4.78, 5) is 8.83. The van der Waals surface area contributed by atoms with Crippen LogP contribution in [0.5, 0.6) is 0 Å². The maximum absolute atomic E-state index is 8.83. The molecular weight excluding hydrogens is 206 g/mol. The van der Waals surface area contributed by atoms with Crippen molar-refractivity contribution in [3.05, 3.63) is 6.57 Å².